The molecule has 0 radical (unpaired) electrons. The zero-order valence-electron chi connectivity index (χ0n) is 10.1. The first-order valence-corrected chi connectivity index (χ1v) is 5.70. The predicted molar refractivity (Wildman–Crippen MR) is 61.8 cm³/mol. The van der Waals surface area contributed by atoms with E-state index in [0.717, 1.165) is 39.0 Å². The summed E-state index contributed by atoms with van der Waals surface area (Å²) in [6.45, 7) is 3.80. The molecule has 1 N–H and O–H groups in total. The van der Waals surface area contributed by atoms with Crippen LogP contribution in [0, 0.1) is 5.92 Å². The van der Waals surface area contributed by atoms with Gasteiger partial charge in [-0.25, -0.2) is 0 Å². The Kier molecular flexibility index (Phi) is 5.05. The average molecular weight is 213 g/mol. The summed E-state index contributed by atoms with van der Waals surface area (Å²) < 4.78 is 0. The Labute approximate surface area is 92.6 Å². The Hall–Kier alpha value is -0.610. The molecule has 1 fully saturated rings. The maximum Gasteiger partial charge on any atom is 0.224 e. The molecule has 0 aliphatic carbocycles. The molecule has 15 heavy (non-hydrogen) atoms. The fourth-order valence-electron chi connectivity index (χ4n) is 1.90. The molecular weight excluding hydrogens is 190 g/mol. The molecule has 0 spiro atoms. The summed E-state index contributed by atoms with van der Waals surface area (Å²) in [7, 11) is 6.17. The van der Waals surface area contributed by atoms with Gasteiger partial charge >= 0.3 is 0 Å². The minimum Gasteiger partial charge on any atom is -0.356 e. The predicted octanol–water partition coefficient (Wildman–Crippen LogP) is 0.00600. The maximum absolute atomic E-state index is 11.7. The number of carbonyl (C=O) groups excluding carboxylic acids is 1. The summed E-state index contributed by atoms with van der Waals surface area (Å²) in [5, 5.41) is 3.01. The zero-order valence-corrected chi connectivity index (χ0v) is 10.1. The molecule has 1 aliphatic rings. The van der Waals surface area contributed by atoms with Gasteiger partial charge in [0.05, 0.1) is 5.92 Å². The van der Waals surface area contributed by atoms with Gasteiger partial charge in [0.2, 0.25) is 5.91 Å². The van der Waals surface area contributed by atoms with E-state index in [1.54, 1.807) is 0 Å². The fourth-order valence-corrected chi connectivity index (χ4v) is 1.90. The third-order valence-corrected chi connectivity index (χ3v) is 2.84. The standard InChI is InChI=1S/C11H23N3O/c1-13(2)7-4-6-12-11(15)10-5-8-14(3)9-10/h10H,4-9H2,1-3H3,(H,12,15). The summed E-state index contributed by atoms with van der Waals surface area (Å²) in [5.74, 6) is 0.451. The fraction of sp³-hybridized carbons (Fsp3) is 0.909. The first kappa shape index (κ1) is 12.5. The van der Waals surface area contributed by atoms with Crippen LogP contribution < -0.4 is 5.32 Å². The van der Waals surface area contributed by atoms with Gasteiger partial charge in [-0.2, -0.15) is 0 Å². The van der Waals surface area contributed by atoms with Crippen molar-refractivity contribution in [1.82, 2.24) is 15.1 Å². The highest BCUT2D eigenvalue weighted by Gasteiger charge is 2.25. The monoisotopic (exact) mass is 213 g/mol. The highest BCUT2D eigenvalue weighted by atomic mass is 16.1. The molecule has 0 aromatic rings. The molecule has 1 rings (SSSR count). The van der Waals surface area contributed by atoms with Crippen molar-refractivity contribution in [2.45, 2.75) is 12.8 Å². The number of hydrogen-bond acceptors (Lipinski definition) is 3. The third kappa shape index (κ3) is 4.62. The van der Waals surface area contributed by atoms with Crippen LogP contribution in [-0.2, 0) is 4.79 Å². The molecule has 1 amide bonds. The summed E-state index contributed by atoms with van der Waals surface area (Å²) in [4.78, 5) is 16.0. The van der Waals surface area contributed by atoms with Crippen molar-refractivity contribution in [3.05, 3.63) is 0 Å². The van der Waals surface area contributed by atoms with E-state index in [-0.39, 0.29) is 11.8 Å². The van der Waals surface area contributed by atoms with E-state index in [1.165, 1.54) is 0 Å². The molecule has 4 nitrogen and oxygen atoms in total. The Bertz CT molecular complexity index is 206. The van der Waals surface area contributed by atoms with Crippen LogP contribution in [0.4, 0.5) is 0 Å². The Morgan fingerprint density at radius 3 is 2.80 bits per heavy atom. The van der Waals surface area contributed by atoms with E-state index in [9.17, 15) is 4.79 Å². The smallest absolute Gasteiger partial charge is 0.224 e. The van der Waals surface area contributed by atoms with Gasteiger partial charge in [-0.15, -0.1) is 0 Å². The second-order valence-electron chi connectivity index (χ2n) is 4.70. The lowest BCUT2D eigenvalue weighted by Gasteiger charge is -2.12. The highest BCUT2D eigenvalue weighted by Crippen LogP contribution is 2.13. The second kappa shape index (κ2) is 6.08. The Morgan fingerprint density at radius 2 is 2.27 bits per heavy atom. The summed E-state index contributed by atoms with van der Waals surface area (Å²) in [5.41, 5.74) is 0. The van der Waals surface area contributed by atoms with Gasteiger partial charge in [-0.1, -0.05) is 0 Å². The lowest BCUT2D eigenvalue weighted by molar-refractivity contribution is -0.124. The zero-order chi connectivity index (χ0) is 11.3. The van der Waals surface area contributed by atoms with Gasteiger partial charge in [-0.3, -0.25) is 4.79 Å². The van der Waals surface area contributed by atoms with Gasteiger partial charge in [0.15, 0.2) is 0 Å². The maximum atomic E-state index is 11.7. The van der Waals surface area contributed by atoms with Gasteiger partial charge in [0, 0.05) is 13.1 Å². The number of nitrogens with one attached hydrogen (secondary N) is 1. The van der Waals surface area contributed by atoms with E-state index in [0.29, 0.717) is 0 Å². The van der Waals surface area contributed by atoms with Crippen molar-refractivity contribution in [2.75, 3.05) is 47.3 Å². The van der Waals surface area contributed by atoms with Crippen LogP contribution in [0.1, 0.15) is 12.8 Å². The van der Waals surface area contributed by atoms with Crippen LogP contribution in [-0.4, -0.2) is 63.0 Å². The van der Waals surface area contributed by atoms with E-state index >= 15 is 0 Å². The molecule has 1 atom stereocenters. The van der Waals surface area contributed by atoms with E-state index in [1.807, 2.05) is 14.1 Å². The molecule has 4 heteroatoms. The van der Waals surface area contributed by atoms with Crippen molar-refractivity contribution in [3.63, 3.8) is 0 Å². The minimum atomic E-state index is 0.217. The SMILES string of the molecule is CN(C)CCCNC(=O)C1CCN(C)C1. The summed E-state index contributed by atoms with van der Waals surface area (Å²) in [6.07, 6.45) is 2.04. The molecule has 1 aliphatic heterocycles. The molecule has 88 valence electrons. The number of rotatable bonds is 5. The number of nitrogens with zero attached hydrogens (tertiary/aromatic N) is 2. The van der Waals surface area contributed by atoms with Crippen molar-refractivity contribution in [1.29, 1.82) is 0 Å². The van der Waals surface area contributed by atoms with Crippen molar-refractivity contribution < 1.29 is 4.79 Å². The molecule has 1 heterocycles. The molecule has 0 aromatic carbocycles. The van der Waals surface area contributed by atoms with Gasteiger partial charge in [0.1, 0.15) is 0 Å². The van der Waals surface area contributed by atoms with Crippen molar-refractivity contribution >= 4 is 5.91 Å². The largest absolute Gasteiger partial charge is 0.356 e. The van der Waals surface area contributed by atoms with Crippen LogP contribution >= 0.6 is 0 Å². The van der Waals surface area contributed by atoms with Crippen molar-refractivity contribution in [2.24, 2.45) is 5.92 Å². The third-order valence-electron chi connectivity index (χ3n) is 2.84. The van der Waals surface area contributed by atoms with Crippen LogP contribution in [0.5, 0.6) is 0 Å². The highest BCUT2D eigenvalue weighted by molar-refractivity contribution is 5.79. The van der Waals surface area contributed by atoms with E-state index < -0.39 is 0 Å². The molecule has 0 saturated carbocycles. The van der Waals surface area contributed by atoms with Gasteiger partial charge < -0.3 is 15.1 Å². The van der Waals surface area contributed by atoms with Gasteiger partial charge in [-0.05, 0) is 47.1 Å². The summed E-state index contributed by atoms with van der Waals surface area (Å²) >= 11 is 0. The lowest BCUT2D eigenvalue weighted by atomic mass is 10.1. The Morgan fingerprint density at radius 1 is 1.53 bits per heavy atom. The first-order valence-electron chi connectivity index (χ1n) is 5.70. The number of amides is 1. The number of carbonyl (C=O) groups is 1. The number of hydrogen-bond donors (Lipinski definition) is 1. The summed E-state index contributed by atoms with van der Waals surface area (Å²) in [6, 6.07) is 0. The van der Waals surface area contributed by atoms with E-state index in [2.05, 4.69) is 22.2 Å². The number of likely N-dealkylation sites (tertiary alicyclic amines) is 1. The van der Waals surface area contributed by atoms with Crippen molar-refractivity contribution in [3.8, 4) is 0 Å². The molecule has 1 saturated heterocycles. The second-order valence-corrected chi connectivity index (χ2v) is 4.70. The normalized spacial score (nSPS) is 22.3. The van der Waals surface area contributed by atoms with Crippen LogP contribution in [0.15, 0.2) is 0 Å². The molecule has 0 aromatic heterocycles. The first-order chi connectivity index (χ1) is 7.09. The van der Waals surface area contributed by atoms with Gasteiger partial charge in [0.25, 0.3) is 0 Å². The topological polar surface area (TPSA) is 35.6 Å². The molecular formula is C11H23N3O. The van der Waals surface area contributed by atoms with Crippen LogP contribution in [0.25, 0.3) is 0 Å². The Balaban J connectivity index is 2.08. The van der Waals surface area contributed by atoms with Crippen LogP contribution in [0.2, 0.25) is 0 Å². The average Bonchev–Trinajstić information content (AvgIpc) is 2.59. The van der Waals surface area contributed by atoms with E-state index in [4.69, 9.17) is 0 Å². The lowest BCUT2D eigenvalue weighted by Crippen LogP contribution is -2.33. The molecule has 0 bridgehead atoms. The quantitative estimate of drug-likeness (QED) is 0.653. The molecule has 1 unspecified atom stereocenters. The van der Waals surface area contributed by atoms with Crippen LogP contribution in [0.3, 0.4) is 0 Å². The minimum absolute atomic E-state index is 0.217.